The first kappa shape index (κ1) is 11.0. The van der Waals surface area contributed by atoms with E-state index in [0.29, 0.717) is 5.39 Å². The Morgan fingerprint density at radius 3 is 2.38 bits per heavy atom. The number of hydrogen-bond acceptors (Lipinski definition) is 2. The van der Waals surface area contributed by atoms with Crippen molar-refractivity contribution >= 4 is 23.5 Å². The van der Waals surface area contributed by atoms with E-state index >= 15 is 0 Å². The Labute approximate surface area is 88.7 Å². The minimum absolute atomic E-state index is 0.142. The molecular formula is C9H7BF3NO2. The van der Waals surface area contributed by atoms with Crippen LogP contribution in [0.5, 0.6) is 0 Å². The van der Waals surface area contributed by atoms with Crippen molar-refractivity contribution in [1.29, 1.82) is 0 Å². The molecule has 3 N–H and O–H groups in total. The number of halogens is 3. The molecule has 1 aromatic carbocycles. The Balaban J connectivity index is 2.54. The van der Waals surface area contributed by atoms with E-state index < -0.39 is 19.0 Å². The van der Waals surface area contributed by atoms with Crippen LogP contribution in [-0.4, -0.2) is 22.2 Å². The number of H-pyrrole nitrogens is 1. The highest BCUT2D eigenvalue weighted by Gasteiger charge is 2.32. The van der Waals surface area contributed by atoms with Crippen LogP contribution in [0.25, 0.3) is 10.9 Å². The number of aromatic amines is 1. The van der Waals surface area contributed by atoms with Gasteiger partial charge in [0.1, 0.15) is 5.69 Å². The van der Waals surface area contributed by atoms with Crippen LogP contribution >= 0.6 is 0 Å². The smallest absolute Gasteiger partial charge is 0.423 e. The highest BCUT2D eigenvalue weighted by molar-refractivity contribution is 6.58. The average molecular weight is 229 g/mol. The fourth-order valence-electron chi connectivity index (χ4n) is 1.46. The van der Waals surface area contributed by atoms with E-state index in [1.165, 1.54) is 18.2 Å². The molecule has 0 saturated heterocycles. The molecule has 3 nitrogen and oxygen atoms in total. The van der Waals surface area contributed by atoms with Gasteiger partial charge >= 0.3 is 13.3 Å². The number of hydrogen-bond donors (Lipinski definition) is 3. The van der Waals surface area contributed by atoms with Gasteiger partial charge in [-0.1, -0.05) is 12.1 Å². The van der Waals surface area contributed by atoms with Crippen molar-refractivity contribution in [3.8, 4) is 0 Å². The molecule has 0 saturated carbocycles. The van der Waals surface area contributed by atoms with E-state index in [1.807, 2.05) is 0 Å². The van der Waals surface area contributed by atoms with Gasteiger partial charge in [0.2, 0.25) is 0 Å². The lowest BCUT2D eigenvalue weighted by atomic mass is 9.80. The molecule has 0 bridgehead atoms. The number of aromatic nitrogens is 1. The minimum Gasteiger partial charge on any atom is -0.423 e. The molecule has 7 heteroatoms. The number of rotatable bonds is 1. The van der Waals surface area contributed by atoms with Crippen LogP contribution in [0, 0.1) is 0 Å². The van der Waals surface area contributed by atoms with E-state index in [9.17, 15) is 13.2 Å². The van der Waals surface area contributed by atoms with E-state index in [0.717, 1.165) is 6.07 Å². The van der Waals surface area contributed by atoms with Crippen molar-refractivity contribution < 1.29 is 23.2 Å². The summed E-state index contributed by atoms with van der Waals surface area (Å²) < 4.78 is 37.1. The first-order valence-electron chi connectivity index (χ1n) is 4.44. The summed E-state index contributed by atoms with van der Waals surface area (Å²) in [5.41, 5.74) is -0.493. The lowest BCUT2D eigenvalue weighted by Crippen LogP contribution is -2.29. The molecule has 1 heterocycles. The van der Waals surface area contributed by atoms with E-state index in [2.05, 4.69) is 4.98 Å². The van der Waals surface area contributed by atoms with Gasteiger partial charge in [0.25, 0.3) is 0 Å². The summed E-state index contributed by atoms with van der Waals surface area (Å²) in [5.74, 6) is 0. The second-order valence-corrected chi connectivity index (χ2v) is 3.40. The molecule has 2 aromatic rings. The molecule has 1 aromatic heterocycles. The van der Waals surface area contributed by atoms with Crippen molar-refractivity contribution in [3.05, 3.63) is 30.0 Å². The lowest BCUT2D eigenvalue weighted by molar-refractivity contribution is -0.140. The zero-order valence-electron chi connectivity index (χ0n) is 7.92. The zero-order chi connectivity index (χ0) is 11.9. The number of benzene rings is 1. The maximum atomic E-state index is 12.4. The van der Waals surface area contributed by atoms with Gasteiger partial charge < -0.3 is 15.0 Å². The molecule has 0 aliphatic heterocycles. The molecule has 84 valence electrons. The summed E-state index contributed by atoms with van der Waals surface area (Å²) in [6.07, 6.45) is -4.43. The van der Waals surface area contributed by atoms with Crippen molar-refractivity contribution in [1.82, 2.24) is 4.98 Å². The normalized spacial score (nSPS) is 12.1. The largest absolute Gasteiger partial charge is 0.488 e. The SMILES string of the molecule is OB(O)c1ccc2cc(C(F)(F)F)[nH]c2c1. The molecular weight excluding hydrogens is 222 g/mol. The van der Waals surface area contributed by atoms with Gasteiger partial charge in [-0.3, -0.25) is 0 Å². The predicted octanol–water partition coefficient (Wildman–Crippen LogP) is 0.866. The van der Waals surface area contributed by atoms with Crippen molar-refractivity contribution in [3.63, 3.8) is 0 Å². The topological polar surface area (TPSA) is 56.2 Å². The van der Waals surface area contributed by atoms with Crippen LogP contribution < -0.4 is 5.46 Å². The summed E-state index contributed by atoms with van der Waals surface area (Å²) >= 11 is 0. The van der Waals surface area contributed by atoms with Crippen LogP contribution in [0.3, 0.4) is 0 Å². The van der Waals surface area contributed by atoms with Crippen molar-refractivity contribution in [2.24, 2.45) is 0 Å². The average Bonchev–Trinajstić information content (AvgIpc) is 2.58. The minimum atomic E-state index is -4.43. The second kappa shape index (κ2) is 3.53. The number of fused-ring (bicyclic) bond motifs is 1. The van der Waals surface area contributed by atoms with E-state index in [1.54, 1.807) is 0 Å². The van der Waals surface area contributed by atoms with Crippen LogP contribution in [0.1, 0.15) is 5.69 Å². The zero-order valence-corrected chi connectivity index (χ0v) is 7.92. The third-order valence-corrected chi connectivity index (χ3v) is 2.25. The summed E-state index contributed by atoms with van der Waals surface area (Å²) in [6.45, 7) is 0. The monoisotopic (exact) mass is 229 g/mol. The summed E-state index contributed by atoms with van der Waals surface area (Å²) in [6, 6.07) is 5.01. The molecule has 0 spiro atoms. The Morgan fingerprint density at radius 1 is 1.12 bits per heavy atom. The fourth-order valence-corrected chi connectivity index (χ4v) is 1.46. The maximum absolute atomic E-state index is 12.4. The summed E-state index contributed by atoms with van der Waals surface area (Å²) in [4.78, 5) is 2.18. The maximum Gasteiger partial charge on any atom is 0.488 e. The number of alkyl halides is 3. The molecule has 0 fully saturated rings. The van der Waals surface area contributed by atoms with Gasteiger partial charge in [-0.2, -0.15) is 13.2 Å². The van der Waals surface area contributed by atoms with Gasteiger partial charge in [0.05, 0.1) is 0 Å². The fraction of sp³-hybridized carbons (Fsp3) is 0.111. The molecule has 0 amide bonds. The quantitative estimate of drug-likeness (QED) is 0.635. The predicted molar refractivity (Wildman–Crippen MR) is 53.1 cm³/mol. The molecule has 16 heavy (non-hydrogen) atoms. The Kier molecular flexibility index (Phi) is 2.44. The molecule has 0 aliphatic carbocycles. The summed E-state index contributed by atoms with van der Waals surface area (Å²) in [7, 11) is -1.69. The molecule has 0 radical (unpaired) electrons. The van der Waals surface area contributed by atoms with E-state index in [4.69, 9.17) is 10.0 Å². The van der Waals surface area contributed by atoms with Gasteiger partial charge in [-0.25, -0.2) is 0 Å². The van der Waals surface area contributed by atoms with Crippen LogP contribution in [0.15, 0.2) is 24.3 Å². The molecule has 0 aliphatic rings. The Hall–Kier alpha value is -1.47. The summed E-state index contributed by atoms with van der Waals surface area (Å²) in [5, 5.41) is 18.1. The van der Waals surface area contributed by atoms with E-state index in [-0.39, 0.29) is 11.0 Å². The van der Waals surface area contributed by atoms with Crippen LogP contribution in [-0.2, 0) is 6.18 Å². The van der Waals surface area contributed by atoms with Crippen molar-refractivity contribution in [2.75, 3.05) is 0 Å². The van der Waals surface area contributed by atoms with Gasteiger partial charge in [-0.15, -0.1) is 0 Å². The van der Waals surface area contributed by atoms with Gasteiger partial charge in [0.15, 0.2) is 0 Å². The second-order valence-electron chi connectivity index (χ2n) is 3.40. The van der Waals surface area contributed by atoms with Crippen LogP contribution in [0.4, 0.5) is 13.2 Å². The van der Waals surface area contributed by atoms with Gasteiger partial charge in [-0.05, 0) is 23.0 Å². The van der Waals surface area contributed by atoms with Crippen LogP contribution in [0.2, 0.25) is 0 Å². The first-order chi connectivity index (χ1) is 7.38. The third-order valence-electron chi connectivity index (χ3n) is 2.25. The Bertz CT molecular complexity index is 521. The Morgan fingerprint density at radius 2 is 1.81 bits per heavy atom. The standard InChI is InChI=1S/C9H7BF3NO2/c11-9(12,13)8-3-5-1-2-6(10(15)16)4-7(5)14-8/h1-4,14-16H. The van der Waals surface area contributed by atoms with Crippen molar-refractivity contribution in [2.45, 2.75) is 6.18 Å². The lowest BCUT2D eigenvalue weighted by Gasteiger charge is -2.01. The molecule has 0 atom stereocenters. The molecule has 0 unspecified atom stereocenters. The highest BCUT2D eigenvalue weighted by Crippen LogP contribution is 2.30. The third kappa shape index (κ3) is 1.91. The van der Waals surface area contributed by atoms with Gasteiger partial charge in [0, 0.05) is 5.52 Å². The first-order valence-corrected chi connectivity index (χ1v) is 4.44. The molecule has 2 rings (SSSR count). The number of nitrogens with one attached hydrogen (secondary N) is 1. The highest BCUT2D eigenvalue weighted by atomic mass is 19.4.